The van der Waals surface area contributed by atoms with E-state index in [2.05, 4.69) is 6.92 Å². The van der Waals surface area contributed by atoms with Gasteiger partial charge in [0.05, 0.1) is 5.39 Å². The second kappa shape index (κ2) is 6.41. The maximum Gasteiger partial charge on any atom is 0.227 e. The normalized spacial score (nSPS) is 11.0. The van der Waals surface area contributed by atoms with Crippen molar-refractivity contribution < 1.29 is 9.84 Å². The lowest BCUT2D eigenvalue weighted by Crippen LogP contribution is -2.32. The zero-order chi connectivity index (χ0) is 13.7. The van der Waals surface area contributed by atoms with Gasteiger partial charge in [0.2, 0.25) is 5.52 Å². The second-order valence-corrected chi connectivity index (χ2v) is 5.00. The third-order valence-corrected chi connectivity index (χ3v) is 3.50. The van der Waals surface area contributed by atoms with Crippen LogP contribution in [0.3, 0.4) is 0 Å². The Bertz CT molecular complexity index is 552. The Morgan fingerprint density at radius 3 is 2.63 bits per heavy atom. The van der Waals surface area contributed by atoms with Crippen LogP contribution in [-0.4, -0.2) is 5.11 Å². The van der Waals surface area contributed by atoms with Gasteiger partial charge in [-0.2, -0.15) is 4.73 Å². The summed E-state index contributed by atoms with van der Waals surface area (Å²) in [7, 11) is 0. The number of hydrogen-bond acceptors (Lipinski definition) is 2. The lowest BCUT2D eigenvalue weighted by Gasteiger charge is -2.09. The van der Waals surface area contributed by atoms with Crippen molar-refractivity contribution in [1.29, 1.82) is 0 Å². The van der Waals surface area contributed by atoms with E-state index in [0.717, 1.165) is 24.0 Å². The Kier molecular flexibility index (Phi) is 4.61. The second-order valence-electron chi connectivity index (χ2n) is 5.00. The van der Waals surface area contributed by atoms with E-state index in [1.54, 1.807) is 18.2 Å². The van der Waals surface area contributed by atoms with Gasteiger partial charge in [0.25, 0.3) is 0 Å². The van der Waals surface area contributed by atoms with Crippen molar-refractivity contribution in [3.8, 4) is 5.75 Å². The highest BCUT2D eigenvalue weighted by molar-refractivity contribution is 5.82. The number of benzene rings is 1. The number of unbranched alkanes of at least 4 members (excludes halogenated alkanes) is 4. The molecule has 1 aromatic heterocycles. The molecule has 0 atom stereocenters. The van der Waals surface area contributed by atoms with Crippen molar-refractivity contribution in [3.05, 3.63) is 41.2 Å². The number of aromatic nitrogens is 1. The quantitative estimate of drug-likeness (QED) is 0.488. The molecule has 0 unspecified atom stereocenters. The molecular formula is C16H21NO2. The van der Waals surface area contributed by atoms with E-state index in [1.807, 2.05) is 12.1 Å². The molecule has 2 rings (SSSR count). The minimum Gasteiger partial charge on any atom is -0.618 e. The number of para-hydroxylation sites is 1. The molecule has 0 amide bonds. The smallest absolute Gasteiger partial charge is 0.227 e. The fraction of sp³-hybridized carbons (Fsp3) is 0.438. The Labute approximate surface area is 114 Å². The minimum atomic E-state index is 0.200. The molecule has 0 aliphatic heterocycles. The minimum absolute atomic E-state index is 0.200. The molecule has 0 saturated carbocycles. The molecule has 1 heterocycles. The van der Waals surface area contributed by atoms with Crippen molar-refractivity contribution in [2.75, 3.05) is 0 Å². The molecular weight excluding hydrogens is 238 g/mol. The summed E-state index contributed by atoms with van der Waals surface area (Å²) in [6.45, 7) is 2.19. The van der Waals surface area contributed by atoms with Crippen molar-refractivity contribution in [1.82, 2.24) is 0 Å². The van der Waals surface area contributed by atoms with Crippen LogP contribution in [0.4, 0.5) is 0 Å². The Morgan fingerprint density at radius 2 is 1.84 bits per heavy atom. The van der Waals surface area contributed by atoms with E-state index in [-0.39, 0.29) is 5.75 Å². The number of aromatic hydroxyl groups is 1. The van der Waals surface area contributed by atoms with Gasteiger partial charge >= 0.3 is 0 Å². The summed E-state index contributed by atoms with van der Waals surface area (Å²) < 4.78 is 0.953. The summed E-state index contributed by atoms with van der Waals surface area (Å²) in [4.78, 5) is 0. The highest BCUT2D eigenvalue weighted by atomic mass is 16.5. The Morgan fingerprint density at radius 1 is 1.11 bits per heavy atom. The van der Waals surface area contributed by atoms with Crippen molar-refractivity contribution in [2.45, 2.75) is 45.4 Å². The molecule has 2 aromatic rings. The summed E-state index contributed by atoms with van der Waals surface area (Å²) in [5.41, 5.74) is 1.21. The largest absolute Gasteiger partial charge is 0.618 e. The van der Waals surface area contributed by atoms with Crippen molar-refractivity contribution >= 4 is 10.9 Å². The first kappa shape index (κ1) is 13.7. The zero-order valence-corrected chi connectivity index (χ0v) is 11.4. The molecule has 102 valence electrons. The van der Waals surface area contributed by atoms with Gasteiger partial charge < -0.3 is 10.3 Å². The molecule has 3 nitrogen and oxygen atoms in total. The molecule has 0 fully saturated rings. The van der Waals surface area contributed by atoms with Gasteiger partial charge in [0.15, 0.2) is 5.69 Å². The van der Waals surface area contributed by atoms with Crippen LogP contribution in [0, 0.1) is 5.21 Å². The highest BCUT2D eigenvalue weighted by Gasteiger charge is 2.14. The third-order valence-electron chi connectivity index (χ3n) is 3.50. The number of pyridine rings is 1. The predicted octanol–water partition coefficient (Wildman–Crippen LogP) is 3.69. The fourth-order valence-electron chi connectivity index (χ4n) is 2.40. The van der Waals surface area contributed by atoms with Crippen LogP contribution in [0.5, 0.6) is 5.75 Å². The molecule has 0 aliphatic carbocycles. The van der Waals surface area contributed by atoms with Gasteiger partial charge in [-0.1, -0.05) is 44.7 Å². The van der Waals surface area contributed by atoms with Crippen LogP contribution < -0.4 is 4.73 Å². The lowest BCUT2D eigenvalue weighted by atomic mass is 10.1. The molecule has 3 heteroatoms. The van der Waals surface area contributed by atoms with Gasteiger partial charge in [-0.15, -0.1) is 0 Å². The molecule has 19 heavy (non-hydrogen) atoms. The summed E-state index contributed by atoms with van der Waals surface area (Å²) >= 11 is 0. The molecule has 1 aromatic carbocycles. The molecule has 0 bridgehead atoms. The van der Waals surface area contributed by atoms with Crippen molar-refractivity contribution in [2.24, 2.45) is 0 Å². The first-order chi connectivity index (χ1) is 9.24. The molecule has 0 saturated heterocycles. The first-order valence-corrected chi connectivity index (χ1v) is 7.07. The summed E-state index contributed by atoms with van der Waals surface area (Å²) in [6, 6.07) is 8.77. The first-order valence-electron chi connectivity index (χ1n) is 7.07. The topological polar surface area (TPSA) is 47.2 Å². The standard InChI is InChI=1S/C16H21NO2/c1-2-3-4-5-6-9-13-12-16(18)14-10-7-8-11-15(14)17(13)19/h7-8,10-12,18H,2-6,9H2,1H3. The van der Waals surface area contributed by atoms with E-state index >= 15 is 0 Å². The van der Waals surface area contributed by atoms with Gasteiger partial charge in [0, 0.05) is 18.6 Å². The molecule has 0 radical (unpaired) electrons. The highest BCUT2D eigenvalue weighted by Crippen LogP contribution is 2.23. The fourth-order valence-corrected chi connectivity index (χ4v) is 2.40. The van der Waals surface area contributed by atoms with Crippen LogP contribution >= 0.6 is 0 Å². The Hall–Kier alpha value is -1.77. The number of aryl methyl sites for hydroxylation is 1. The summed E-state index contributed by atoms with van der Waals surface area (Å²) in [6.07, 6.45) is 6.56. The van der Waals surface area contributed by atoms with E-state index in [1.165, 1.54) is 19.3 Å². The number of nitrogens with zero attached hydrogens (tertiary/aromatic N) is 1. The summed E-state index contributed by atoms with van der Waals surface area (Å²) in [5, 5.41) is 22.8. The van der Waals surface area contributed by atoms with Gasteiger partial charge in [-0.3, -0.25) is 0 Å². The number of fused-ring (bicyclic) bond motifs is 1. The maximum atomic E-state index is 12.2. The monoisotopic (exact) mass is 259 g/mol. The van der Waals surface area contributed by atoms with E-state index in [4.69, 9.17) is 0 Å². The zero-order valence-electron chi connectivity index (χ0n) is 11.4. The van der Waals surface area contributed by atoms with E-state index in [0.29, 0.717) is 16.6 Å². The molecule has 1 N–H and O–H groups in total. The van der Waals surface area contributed by atoms with Gasteiger partial charge in [-0.05, 0) is 12.5 Å². The van der Waals surface area contributed by atoms with Crippen LogP contribution in [0.1, 0.15) is 44.7 Å². The van der Waals surface area contributed by atoms with Crippen LogP contribution in [0.15, 0.2) is 30.3 Å². The average Bonchev–Trinajstić information content (AvgIpc) is 2.44. The summed E-state index contributed by atoms with van der Waals surface area (Å²) in [5.74, 6) is 0.200. The van der Waals surface area contributed by atoms with Crippen LogP contribution in [-0.2, 0) is 6.42 Å². The van der Waals surface area contributed by atoms with E-state index < -0.39 is 0 Å². The molecule has 0 spiro atoms. The lowest BCUT2D eigenvalue weighted by molar-refractivity contribution is -0.586. The van der Waals surface area contributed by atoms with Crippen molar-refractivity contribution in [3.63, 3.8) is 0 Å². The van der Waals surface area contributed by atoms with Gasteiger partial charge in [-0.25, -0.2) is 0 Å². The number of rotatable bonds is 6. The SMILES string of the molecule is CCCCCCCc1cc(O)c2ccccc2[n+]1[O-]. The van der Waals surface area contributed by atoms with Crippen LogP contribution in [0.25, 0.3) is 10.9 Å². The predicted molar refractivity (Wildman–Crippen MR) is 77.0 cm³/mol. The molecule has 0 aliphatic rings. The van der Waals surface area contributed by atoms with Crippen LogP contribution in [0.2, 0.25) is 0 Å². The van der Waals surface area contributed by atoms with E-state index in [9.17, 15) is 10.3 Å². The Balaban J connectivity index is 2.13. The number of hydrogen-bond donors (Lipinski definition) is 1. The van der Waals surface area contributed by atoms with Gasteiger partial charge in [0.1, 0.15) is 5.75 Å². The average molecular weight is 259 g/mol. The third kappa shape index (κ3) is 3.16. The maximum absolute atomic E-state index is 12.2.